The fourth-order valence-electron chi connectivity index (χ4n) is 1.83. The number of hydrogen-bond acceptors (Lipinski definition) is 4. The highest BCUT2D eigenvalue weighted by Crippen LogP contribution is 2.26. The van der Waals surface area contributed by atoms with Gasteiger partial charge in [0.2, 0.25) is 0 Å². The van der Waals surface area contributed by atoms with Crippen molar-refractivity contribution in [3.05, 3.63) is 23.2 Å². The van der Waals surface area contributed by atoms with E-state index in [9.17, 15) is 4.79 Å². The molecule has 0 atom stereocenters. The number of imidazole rings is 1. The molecular formula is C13H16ClN3O2S. The molecule has 2 aromatic rings. The van der Waals surface area contributed by atoms with Gasteiger partial charge < -0.3 is 14.6 Å². The maximum Gasteiger partial charge on any atom is 0.313 e. The number of halogens is 1. The zero-order valence-corrected chi connectivity index (χ0v) is 12.9. The molecule has 20 heavy (non-hydrogen) atoms. The molecule has 2 rings (SSSR count). The summed E-state index contributed by atoms with van der Waals surface area (Å²) in [5.41, 5.74) is 1.77. The summed E-state index contributed by atoms with van der Waals surface area (Å²) in [5.74, 6) is -0.849. The molecule has 0 unspecified atom stereocenters. The molecule has 108 valence electrons. The van der Waals surface area contributed by atoms with Crippen LogP contribution in [0, 0.1) is 0 Å². The smallest absolute Gasteiger partial charge is 0.313 e. The summed E-state index contributed by atoms with van der Waals surface area (Å²) in [6, 6.07) is 5.54. The van der Waals surface area contributed by atoms with Crippen LogP contribution in [0.3, 0.4) is 0 Å². The average Bonchev–Trinajstić information content (AvgIpc) is 2.70. The minimum atomic E-state index is -0.848. The zero-order chi connectivity index (χ0) is 14.7. The van der Waals surface area contributed by atoms with Gasteiger partial charge in [-0.05, 0) is 32.3 Å². The molecule has 1 N–H and O–H groups in total. The van der Waals surface area contributed by atoms with Crippen LogP contribution in [-0.2, 0) is 11.3 Å². The van der Waals surface area contributed by atoms with Crippen molar-refractivity contribution < 1.29 is 9.90 Å². The van der Waals surface area contributed by atoms with E-state index in [1.54, 1.807) is 6.07 Å². The highest BCUT2D eigenvalue weighted by atomic mass is 35.5. The van der Waals surface area contributed by atoms with E-state index < -0.39 is 5.97 Å². The Kier molecular flexibility index (Phi) is 4.91. The second-order valence-electron chi connectivity index (χ2n) is 4.66. The third-order valence-electron chi connectivity index (χ3n) is 2.77. The van der Waals surface area contributed by atoms with E-state index in [1.165, 1.54) is 11.8 Å². The van der Waals surface area contributed by atoms with E-state index in [4.69, 9.17) is 16.7 Å². The first kappa shape index (κ1) is 15.2. The standard InChI is InChI=1S/C13H16ClN3O2S/c1-16(2)5-6-17-11-4-3-9(14)7-10(11)15-13(17)20-8-12(18)19/h3-4,7H,5-6,8H2,1-2H3,(H,18,19). The van der Waals surface area contributed by atoms with Crippen molar-refractivity contribution in [3.63, 3.8) is 0 Å². The molecule has 1 heterocycles. The molecule has 0 aliphatic heterocycles. The van der Waals surface area contributed by atoms with Crippen molar-refractivity contribution in [1.29, 1.82) is 0 Å². The normalized spacial score (nSPS) is 11.4. The quantitative estimate of drug-likeness (QED) is 0.830. The molecule has 0 saturated carbocycles. The average molecular weight is 314 g/mol. The summed E-state index contributed by atoms with van der Waals surface area (Å²) < 4.78 is 2.04. The highest BCUT2D eigenvalue weighted by molar-refractivity contribution is 7.99. The second kappa shape index (κ2) is 6.47. The first-order valence-corrected chi connectivity index (χ1v) is 7.49. The number of benzene rings is 1. The number of thioether (sulfide) groups is 1. The van der Waals surface area contributed by atoms with Crippen molar-refractivity contribution in [2.75, 3.05) is 26.4 Å². The van der Waals surface area contributed by atoms with Crippen LogP contribution in [0.25, 0.3) is 11.0 Å². The van der Waals surface area contributed by atoms with Gasteiger partial charge in [-0.15, -0.1) is 0 Å². The van der Waals surface area contributed by atoms with Crippen LogP contribution in [0.4, 0.5) is 0 Å². The Morgan fingerprint density at radius 1 is 1.50 bits per heavy atom. The third kappa shape index (κ3) is 3.65. The lowest BCUT2D eigenvalue weighted by Crippen LogP contribution is -2.19. The Morgan fingerprint density at radius 3 is 2.90 bits per heavy atom. The number of aromatic nitrogens is 2. The molecule has 1 aromatic carbocycles. The molecule has 0 amide bonds. The zero-order valence-electron chi connectivity index (χ0n) is 11.3. The van der Waals surface area contributed by atoms with Crippen molar-refractivity contribution >= 4 is 40.4 Å². The Hall–Kier alpha value is -1.24. The van der Waals surface area contributed by atoms with Crippen LogP contribution < -0.4 is 0 Å². The first-order valence-electron chi connectivity index (χ1n) is 6.12. The number of carboxylic acid groups (broad SMARTS) is 1. The van der Waals surface area contributed by atoms with Crippen molar-refractivity contribution in [3.8, 4) is 0 Å². The molecule has 0 radical (unpaired) electrons. The van der Waals surface area contributed by atoms with Gasteiger partial charge >= 0.3 is 5.97 Å². The minimum Gasteiger partial charge on any atom is -0.481 e. The summed E-state index contributed by atoms with van der Waals surface area (Å²) in [6.07, 6.45) is 0. The summed E-state index contributed by atoms with van der Waals surface area (Å²) >= 11 is 7.21. The van der Waals surface area contributed by atoms with Gasteiger partial charge in [-0.3, -0.25) is 4.79 Å². The fourth-order valence-corrected chi connectivity index (χ4v) is 2.76. The maximum atomic E-state index is 10.7. The van der Waals surface area contributed by atoms with Crippen LogP contribution >= 0.6 is 23.4 Å². The predicted molar refractivity (Wildman–Crippen MR) is 81.7 cm³/mol. The number of nitrogens with zero attached hydrogens (tertiary/aromatic N) is 3. The molecular weight excluding hydrogens is 298 g/mol. The van der Waals surface area contributed by atoms with Gasteiger partial charge in [0.1, 0.15) is 0 Å². The molecule has 0 aliphatic carbocycles. The molecule has 0 spiro atoms. The van der Waals surface area contributed by atoms with Gasteiger partial charge in [0.25, 0.3) is 0 Å². The lowest BCUT2D eigenvalue weighted by molar-refractivity contribution is -0.133. The largest absolute Gasteiger partial charge is 0.481 e. The first-order chi connectivity index (χ1) is 9.47. The van der Waals surface area contributed by atoms with E-state index in [1.807, 2.05) is 30.8 Å². The van der Waals surface area contributed by atoms with Gasteiger partial charge in [-0.2, -0.15) is 0 Å². The van der Waals surface area contributed by atoms with Gasteiger partial charge in [-0.1, -0.05) is 23.4 Å². The summed E-state index contributed by atoms with van der Waals surface area (Å²) in [6.45, 7) is 1.61. The van der Waals surface area contributed by atoms with Gasteiger partial charge in [0.15, 0.2) is 5.16 Å². The Morgan fingerprint density at radius 2 is 2.25 bits per heavy atom. The number of aliphatic carboxylic acids is 1. The van der Waals surface area contributed by atoms with E-state index in [0.29, 0.717) is 10.2 Å². The van der Waals surface area contributed by atoms with Gasteiger partial charge in [0.05, 0.1) is 16.8 Å². The Balaban J connectivity index is 2.36. The van der Waals surface area contributed by atoms with Crippen LogP contribution in [0.2, 0.25) is 5.02 Å². The SMILES string of the molecule is CN(C)CCn1c(SCC(=O)O)nc2cc(Cl)ccc21. The van der Waals surface area contributed by atoms with Gasteiger partial charge in [-0.25, -0.2) is 4.98 Å². The molecule has 5 nitrogen and oxygen atoms in total. The van der Waals surface area contributed by atoms with E-state index >= 15 is 0 Å². The topological polar surface area (TPSA) is 58.4 Å². The Labute approximate surface area is 126 Å². The summed E-state index contributed by atoms with van der Waals surface area (Å²) in [4.78, 5) is 17.3. The minimum absolute atomic E-state index is 0.000974. The van der Waals surface area contributed by atoms with Crippen LogP contribution in [0.1, 0.15) is 0 Å². The number of likely N-dealkylation sites (N-methyl/N-ethyl adjacent to an activating group) is 1. The number of hydrogen-bond donors (Lipinski definition) is 1. The summed E-state index contributed by atoms with van der Waals surface area (Å²) in [7, 11) is 4.00. The number of carbonyl (C=O) groups is 1. The number of rotatable bonds is 6. The van der Waals surface area contributed by atoms with E-state index in [2.05, 4.69) is 9.88 Å². The lowest BCUT2D eigenvalue weighted by atomic mass is 10.3. The fraction of sp³-hybridized carbons (Fsp3) is 0.385. The molecule has 0 fully saturated rings. The van der Waals surface area contributed by atoms with Crippen LogP contribution in [-0.4, -0.2) is 51.9 Å². The van der Waals surface area contributed by atoms with Crippen molar-refractivity contribution in [2.45, 2.75) is 11.7 Å². The number of fused-ring (bicyclic) bond motifs is 1. The summed E-state index contributed by atoms with van der Waals surface area (Å²) in [5, 5.41) is 10.2. The molecule has 0 bridgehead atoms. The van der Waals surface area contributed by atoms with E-state index in [0.717, 1.165) is 24.1 Å². The number of carboxylic acids is 1. The predicted octanol–water partition coefficient (Wildman–Crippen LogP) is 2.43. The molecule has 0 aliphatic rings. The maximum absolute atomic E-state index is 10.7. The Bertz CT molecular complexity index is 627. The molecule has 7 heteroatoms. The monoisotopic (exact) mass is 313 g/mol. The highest BCUT2D eigenvalue weighted by Gasteiger charge is 2.13. The van der Waals surface area contributed by atoms with E-state index in [-0.39, 0.29) is 5.75 Å². The van der Waals surface area contributed by atoms with Crippen molar-refractivity contribution in [1.82, 2.24) is 14.5 Å². The molecule has 1 aromatic heterocycles. The third-order valence-corrected chi connectivity index (χ3v) is 3.97. The lowest BCUT2D eigenvalue weighted by Gasteiger charge is -2.12. The van der Waals surface area contributed by atoms with Crippen LogP contribution in [0.5, 0.6) is 0 Å². The molecule has 0 saturated heterocycles. The van der Waals surface area contributed by atoms with Gasteiger partial charge in [0, 0.05) is 18.1 Å². The van der Waals surface area contributed by atoms with Crippen molar-refractivity contribution in [2.24, 2.45) is 0 Å². The van der Waals surface area contributed by atoms with Crippen LogP contribution in [0.15, 0.2) is 23.4 Å². The second-order valence-corrected chi connectivity index (χ2v) is 6.04.